The predicted molar refractivity (Wildman–Crippen MR) is 52.2 cm³/mol. The van der Waals surface area contributed by atoms with Crippen molar-refractivity contribution in [2.45, 2.75) is 30.6 Å². The van der Waals surface area contributed by atoms with Gasteiger partial charge in [-0.3, -0.25) is 0 Å². The van der Waals surface area contributed by atoms with Gasteiger partial charge in [-0.15, -0.1) is 0 Å². The molecule has 0 heterocycles. The van der Waals surface area contributed by atoms with Gasteiger partial charge in [-0.25, -0.2) is 0 Å². The minimum Gasteiger partial charge on any atom is -0.392 e. The van der Waals surface area contributed by atoms with Crippen molar-refractivity contribution in [2.75, 3.05) is 0 Å². The molecular weight excluding hydrogens is 319 g/mol. The van der Waals surface area contributed by atoms with Crippen LogP contribution < -0.4 is 0 Å². The van der Waals surface area contributed by atoms with E-state index in [1.165, 1.54) is 0 Å². The van der Waals surface area contributed by atoms with Crippen molar-refractivity contribution in [3.8, 4) is 0 Å². The first kappa shape index (κ1) is 17.6. The summed E-state index contributed by atoms with van der Waals surface area (Å²) in [4.78, 5) is 0. The lowest BCUT2D eigenvalue weighted by Gasteiger charge is -2.34. The maximum Gasteiger partial charge on any atom is 0.460 e. The highest BCUT2D eigenvalue weighted by molar-refractivity contribution is 5.33. The molecule has 1 aromatic rings. The molecule has 10 heteroatoms. The van der Waals surface area contributed by atoms with E-state index in [4.69, 9.17) is 5.11 Å². The largest absolute Gasteiger partial charge is 0.460 e. The van der Waals surface area contributed by atoms with E-state index in [2.05, 4.69) is 0 Å². The zero-order chi connectivity index (χ0) is 16.7. The lowest BCUT2D eigenvalue weighted by atomic mass is 9.93. The smallest absolute Gasteiger partial charge is 0.392 e. The summed E-state index contributed by atoms with van der Waals surface area (Å²) in [6.45, 7) is -1.24. The number of halogens is 9. The second-order valence-corrected chi connectivity index (χ2v) is 4.04. The predicted octanol–water partition coefficient (Wildman–Crippen LogP) is 4.10. The topological polar surface area (TPSA) is 20.2 Å². The van der Waals surface area contributed by atoms with Crippen molar-refractivity contribution in [2.24, 2.45) is 0 Å². The number of aliphatic hydroxyl groups excluding tert-OH is 1. The van der Waals surface area contributed by atoms with Crippen molar-refractivity contribution in [1.29, 1.82) is 0 Å². The van der Waals surface area contributed by atoms with Crippen LogP contribution in [0.1, 0.15) is 11.1 Å². The maximum absolute atomic E-state index is 13.6. The van der Waals surface area contributed by atoms with Crippen molar-refractivity contribution in [3.05, 3.63) is 35.4 Å². The third-order valence-corrected chi connectivity index (χ3v) is 2.67. The summed E-state index contributed by atoms with van der Waals surface area (Å²) in [5.41, 5.74) is -2.69. The molecule has 0 saturated heterocycles. The molecule has 0 aliphatic heterocycles. The normalized spacial score (nSPS) is 14.4. The van der Waals surface area contributed by atoms with Crippen LogP contribution >= 0.6 is 0 Å². The van der Waals surface area contributed by atoms with Crippen LogP contribution in [0.15, 0.2) is 24.3 Å². The number of alkyl halides is 9. The number of aliphatic hydroxyl groups is 1. The van der Waals surface area contributed by atoms with Crippen molar-refractivity contribution in [1.82, 2.24) is 0 Å². The fourth-order valence-electron chi connectivity index (χ4n) is 1.51. The minimum atomic E-state index is -6.95. The van der Waals surface area contributed by atoms with Gasteiger partial charge in [0.15, 0.2) is 0 Å². The summed E-state index contributed by atoms with van der Waals surface area (Å²) >= 11 is 0. The quantitative estimate of drug-likeness (QED) is 0.826. The standard InChI is InChI=1S/C11H7F9O/c12-8(13,7-4-2-1-3-6(7)5-21)9(14,15)10(16,17)11(18,19)20/h1-4,21H,5H2. The number of rotatable bonds is 4. The van der Waals surface area contributed by atoms with Gasteiger partial charge >= 0.3 is 23.9 Å². The molecule has 120 valence electrons. The first-order chi connectivity index (χ1) is 9.30. The summed E-state index contributed by atoms with van der Waals surface area (Å²) in [5, 5.41) is 8.72. The number of benzene rings is 1. The average molecular weight is 326 g/mol. The minimum absolute atomic E-state index is 0.242. The van der Waals surface area contributed by atoms with Crippen molar-refractivity contribution < 1.29 is 44.6 Å². The van der Waals surface area contributed by atoms with Crippen LogP contribution in [-0.2, 0) is 12.5 Å². The Bertz CT molecular complexity index is 507. The van der Waals surface area contributed by atoms with Crippen LogP contribution in [0.4, 0.5) is 39.5 Å². The molecular formula is C11H7F9O. The van der Waals surface area contributed by atoms with Crippen LogP contribution in [0.3, 0.4) is 0 Å². The van der Waals surface area contributed by atoms with E-state index in [1.54, 1.807) is 0 Å². The van der Waals surface area contributed by atoms with E-state index in [0.717, 1.165) is 12.1 Å². The lowest BCUT2D eigenvalue weighted by molar-refractivity contribution is -0.399. The zero-order valence-corrected chi connectivity index (χ0v) is 9.87. The molecule has 0 amide bonds. The second-order valence-electron chi connectivity index (χ2n) is 4.04. The average Bonchev–Trinajstić information content (AvgIpc) is 2.36. The Hall–Kier alpha value is -1.45. The monoisotopic (exact) mass is 326 g/mol. The molecule has 0 fully saturated rings. The van der Waals surface area contributed by atoms with Crippen LogP contribution in [-0.4, -0.2) is 23.1 Å². The van der Waals surface area contributed by atoms with Gasteiger partial charge in [0.05, 0.1) is 6.61 Å². The summed E-state index contributed by atoms with van der Waals surface area (Å²) in [7, 11) is 0. The van der Waals surface area contributed by atoms with Crippen LogP contribution in [0.25, 0.3) is 0 Å². The maximum atomic E-state index is 13.6. The second kappa shape index (κ2) is 5.08. The van der Waals surface area contributed by atoms with E-state index in [1.807, 2.05) is 0 Å². The molecule has 0 unspecified atom stereocenters. The zero-order valence-electron chi connectivity index (χ0n) is 9.87. The summed E-state index contributed by atoms with van der Waals surface area (Å²) in [5.74, 6) is -19.5. The Morgan fingerprint density at radius 3 is 1.67 bits per heavy atom. The Labute approximate surface area is 112 Å². The molecule has 1 rings (SSSR count). The van der Waals surface area contributed by atoms with E-state index in [9.17, 15) is 39.5 Å². The Kier molecular flexibility index (Phi) is 4.25. The van der Waals surface area contributed by atoms with Gasteiger partial charge in [0, 0.05) is 5.56 Å². The van der Waals surface area contributed by atoms with Crippen molar-refractivity contribution >= 4 is 0 Å². The SMILES string of the molecule is OCc1ccccc1C(F)(F)C(F)(F)C(F)(F)C(F)(F)F. The van der Waals surface area contributed by atoms with Gasteiger partial charge in [-0.2, -0.15) is 39.5 Å². The van der Waals surface area contributed by atoms with Crippen molar-refractivity contribution in [3.63, 3.8) is 0 Å². The van der Waals surface area contributed by atoms with Crippen LogP contribution in [0.5, 0.6) is 0 Å². The molecule has 0 aromatic heterocycles. The highest BCUT2D eigenvalue weighted by atomic mass is 19.4. The van der Waals surface area contributed by atoms with Gasteiger partial charge < -0.3 is 5.11 Å². The first-order valence-corrected chi connectivity index (χ1v) is 5.20. The molecule has 0 bridgehead atoms. The number of hydrogen-bond donors (Lipinski definition) is 1. The molecule has 21 heavy (non-hydrogen) atoms. The highest BCUT2D eigenvalue weighted by Gasteiger charge is 2.82. The summed E-state index contributed by atoms with van der Waals surface area (Å²) in [6, 6.07) is 2.70. The molecule has 1 nitrogen and oxygen atoms in total. The fraction of sp³-hybridized carbons (Fsp3) is 0.455. The van der Waals surface area contributed by atoms with E-state index in [0.29, 0.717) is 6.07 Å². The van der Waals surface area contributed by atoms with Crippen LogP contribution in [0.2, 0.25) is 0 Å². The molecule has 1 aromatic carbocycles. The Morgan fingerprint density at radius 2 is 1.24 bits per heavy atom. The third-order valence-electron chi connectivity index (χ3n) is 2.67. The van der Waals surface area contributed by atoms with Gasteiger partial charge in [0.2, 0.25) is 0 Å². The van der Waals surface area contributed by atoms with Gasteiger partial charge in [0.1, 0.15) is 0 Å². The molecule has 0 radical (unpaired) electrons. The molecule has 1 N–H and O–H groups in total. The molecule has 0 saturated carbocycles. The third kappa shape index (κ3) is 2.56. The number of hydrogen-bond acceptors (Lipinski definition) is 1. The summed E-state index contributed by atoms with van der Waals surface area (Å²) < 4.78 is 115. The highest BCUT2D eigenvalue weighted by Crippen LogP contribution is 2.56. The molecule has 0 aliphatic rings. The fourth-order valence-corrected chi connectivity index (χ4v) is 1.51. The first-order valence-electron chi connectivity index (χ1n) is 5.20. The van der Waals surface area contributed by atoms with E-state index >= 15 is 0 Å². The summed E-state index contributed by atoms with van der Waals surface area (Å²) in [6.07, 6.45) is -6.87. The Morgan fingerprint density at radius 1 is 0.762 bits per heavy atom. The molecule has 0 aliphatic carbocycles. The van der Waals surface area contributed by atoms with Gasteiger partial charge in [0.25, 0.3) is 0 Å². The molecule has 0 atom stereocenters. The van der Waals surface area contributed by atoms with Gasteiger partial charge in [-0.05, 0) is 5.56 Å². The Balaban J connectivity index is 3.47. The van der Waals surface area contributed by atoms with Gasteiger partial charge in [-0.1, -0.05) is 24.3 Å². The van der Waals surface area contributed by atoms with E-state index < -0.39 is 41.7 Å². The van der Waals surface area contributed by atoms with Crippen LogP contribution in [0, 0.1) is 0 Å². The van der Waals surface area contributed by atoms with E-state index in [-0.39, 0.29) is 6.07 Å². The molecule has 0 spiro atoms. The lowest BCUT2D eigenvalue weighted by Crippen LogP contribution is -2.59.